The number of anilines is 1. The SMILES string of the molecule is COC(=O)c1ccc(/C=C/C(=O)Nc2cccc3ccc(C)nc23)cc1. The minimum Gasteiger partial charge on any atom is -0.465 e. The molecule has 1 N–H and O–H groups in total. The summed E-state index contributed by atoms with van der Waals surface area (Å²) in [5.74, 6) is -0.644. The monoisotopic (exact) mass is 346 g/mol. The van der Waals surface area contributed by atoms with E-state index in [9.17, 15) is 9.59 Å². The van der Waals surface area contributed by atoms with Crippen molar-refractivity contribution < 1.29 is 14.3 Å². The van der Waals surface area contributed by atoms with Gasteiger partial charge in [-0.1, -0.05) is 30.3 Å². The molecule has 0 unspecified atom stereocenters. The number of rotatable bonds is 4. The van der Waals surface area contributed by atoms with Crippen LogP contribution in [-0.4, -0.2) is 24.0 Å². The fourth-order valence-electron chi connectivity index (χ4n) is 2.54. The van der Waals surface area contributed by atoms with Crippen molar-refractivity contribution in [2.45, 2.75) is 6.92 Å². The minimum atomic E-state index is -0.392. The lowest BCUT2D eigenvalue weighted by atomic mass is 10.1. The van der Waals surface area contributed by atoms with Crippen LogP contribution in [0.1, 0.15) is 21.6 Å². The normalized spacial score (nSPS) is 10.8. The van der Waals surface area contributed by atoms with Crippen LogP contribution in [0.4, 0.5) is 5.69 Å². The summed E-state index contributed by atoms with van der Waals surface area (Å²) in [7, 11) is 1.34. The molecule has 3 aromatic rings. The van der Waals surface area contributed by atoms with E-state index < -0.39 is 5.97 Å². The fraction of sp³-hybridized carbons (Fsp3) is 0.0952. The van der Waals surface area contributed by atoms with Gasteiger partial charge in [-0.2, -0.15) is 0 Å². The highest BCUT2D eigenvalue weighted by molar-refractivity contribution is 6.06. The van der Waals surface area contributed by atoms with E-state index in [1.54, 1.807) is 30.3 Å². The van der Waals surface area contributed by atoms with Gasteiger partial charge >= 0.3 is 5.97 Å². The molecule has 1 amide bonds. The molecule has 26 heavy (non-hydrogen) atoms. The number of esters is 1. The highest BCUT2D eigenvalue weighted by Gasteiger charge is 2.06. The second kappa shape index (κ2) is 7.61. The first-order valence-electron chi connectivity index (χ1n) is 8.10. The first-order valence-corrected chi connectivity index (χ1v) is 8.10. The smallest absolute Gasteiger partial charge is 0.337 e. The zero-order valence-corrected chi connectivity index (χ0v) is 14.5. The van der Waals surface area contributed by atoms with E-state index in [1.807, 2.05) is 37.3 Å². The number of para-hydroxylation sites is 1. The van der Waals surface area contributed by atoms with Gasteiger partial charge in [-0.25, -0.2) is 4.79 Å². The fourth-order valence-corrected chi connectivity index (χ4v) is 2.54. The van der Waals surface area contributed by atoms with Crippen LogP contribution in [0.2, 0.25) is 0 Å². The molecule has 2 aromatic carbocycles. The molecule has 1 heterocycles. The Balaban J connectivity index is 1.74. The second-order valence-electron chi connectivity index (χ2n) is 5.77. The molecule has 3 rings (SSSR count). The Morgan fingerprint density at radius 1 is 1.04 bits per heavy atom. The lowest BCUT2D eigenvalue weighted by molar-refractivity contribution is -0.111. The van der Waals surface area contributed by atoms with Crippen molar-refractivity contribution in [2.75, 3.05) is 12.4 Å². The summed E-state index contributed by atoms with van der Waals surface area (Å²) >= 11 is 0. The number of aromatic nitrogens is 1. The number of aryl methyl sites for hydroxylation is 1. The number of benzene rings is 2. The number of carbonyl (C=O) groups is 2. The Morgan fingerprint density at radius 3 is 2.54 bits per heavy atom. The maximum absolute atomic E-state index is 12.2. The number of carbonyl (C=O) groups excluding carboxylic acids is 2. The molecule has 0 radical (unpaired) electrons. The van der Waals surface area contributed by atoms with Gasteiger partial charge in [0.05, 0.1) is 23.9 Å². The van der Waals surface area contributed by atoms with Crippen LogP contribution < -0.4 is 5.32 Å². The second-order valence-corrected chi connectivity index (χ2v) is 5.77. The van der Waals surface area contributed by atoms with Gasteiger partial charge in [-0.15, -0.1) is 0 Å². The molecule has 0 bridgehead atoms. The maximum Gasteiger partial charge on any atom is 0.337 e. The summed E-state index contributed by atoms with van der Waals surface area (Å²) in [6, 6.07) is 16.4. The maximum atomic E-state index is 12.2. The zero-order chi connectivity index (χ0) is 18.5. The lowest BCUT2D eigenvalue weighted by Crippen LogP contribution is -2.08. The van der Waals surface area contributed by atoms with E-state index in [1.165, 1.54) is 13.2 Å². The van der Waals surface area contributed by atoms with Gasteiger partial charge in [0.25, 0.3) is 0 Å². The Kier molecular flexibility index (Phi) is 5.08. The Labute approximate surface area is 151 Å². The van der Waals surface area contributed by atoms with Crippen LogP contribution in [0, 0.1) is 6.92 Å². The molecule has 1 aromatic heterocycles. The Hall–Kier alpha value is -3.47. The van der Waals surface area contributed by atoms with Crippen LogP contribution in [0.5, 0.6) is 0 Å². The van der Waals surface area contributed by atoms with Crippen molar-refractivity contribution in [1.82, 2.24) is 4.98 Å². The van der Waals surface area contributed by atoms with Crippen molar-refractivity contribution in [3.63, 3.8) is 0 Å². The van der Waals surface area contributed by atoms with E-state index in [2.05, 4.69) is 15.0 Å². The van der Waals surface area contributed by atoms with Gasteiger partial charge in [0.2, 0.25) is 5.91 Å². The number of methoxy groups -OCH3 is 1. The topological polar surface area (TPSA) is 68.3 Å². The molecule has 0 atom stereocenters. The van der Waals surface area contributed by atoms with E-state index in [-0.39, 0.29) is 5.91 Å². The summed E-state index contributed by atoms with van der Waals surface area (Å²) in [6.45, 7) is 1.91. The average molecular weight is 346 g/mol. The van der Waals surface area contributed by atoms with Gasteiger partial charge in [-0.3, -0.25) is 9.78 Å². The van der Waals surface area contributed by atoms with Crippen LogP contribution >= 0.6 is 0 Å². The van der Waals surface area contributed by atoms with Crippen molar-refractivity contribution in [2.24, 2.45) is 0 Å². The molecule has 0 aliphatic rings. The number of hydrogen-bond donors (Lipinski definition) is 1. The average Bonchev–Trinajstić information content (AvgIpc) is 2.66. The van der Waals surface area contributed by atoms with Crippen molar-refractivity contribution in [3.8, 4) is 0 Å². The summed E-state index contributed by atoms with van der Waals surface area (Å²) < 4.78 is 4.66. The molecular formula is C21H18N2O3. The molecule has 0 saturated heterocycles. The molecule has 0 aliphatic heterocycles. The van der Waals surface area contributed by atoms with E-state index in [4.69, 9.17) is 0 Å². The van der Waals surface area contributed by atoms with Crippen molar-refractivity contribution in [1.29, 1.82) is 0 Å². The molecule has 130 valence electrons. The molecule has 5 nitrogen and oxygen atoms in total. The molecule has 0 saturated carbocycles. The van der Waals surface area contributed by atoms with Crippen LogP contribution in [0.3, 0.4) is 0 Å². The standard InChI is InChI=1S/C21H18N2O3/c1-14-6-10-16-4-3-5-18(20(16)22-14)23-19(24)13-9-15-7-11-17(12-8-15)21(25)26-2/h3-13H,1-2H3,(H,23,24)/b13-9+. The van der Waals surface area contributed by atoms with Crippen molar-refractivity contribution in [3.05, 3.63) is 77.5 Å². The van der Waals surface area contributed by atoms with E-state index in [0.717, 1.165) is 22.2 Å². The van der Waals surface area contributed by atoms with Gasteiger partial charge in [-0.05, 0) is 42.8 Å². The number of hydrogen-bond acceptors (Lipinski definition) is 4. The van der Waals surface area contributed by atoms with E-state index in [0.29, 0.717) is 11.3 Å². The Morgan fingerprint density at radius 2 is 1.81 bits per heavy atom. The third-order valence-corrected chi connectivity index (χ3v) is 3.88. The van der Waals surface area contributed by atoms with Gasteiger partial charge in [0.1, 0.15) is 0 Å². The predicted octanol–water partition coefficient (Wildman–Crippen LogP) is 3.98. The van der Waals surface area contributed by atoms with Gasteiger partial charge in [0.15, 0.2) is 0 Å². The number of nitrogens with one attached hydrogen (secondary N) is 1. The zero-order valence-electron chi connectivity index (χ0n) is 14.5. The highest BCUT2D eigenvalue weighted by atomic mass is 16.5. The molecule has 0 spiro atoms. The van der Waals surface area contributed by atoms with Crippen LogP contribution in [0.25, 0.3) is 17.0 Å². The summed E-state index contributed by atoms with van der Waals surface area (Å²) in [4.78, 5) is 28.1. The largest absolute Gasteiger partial charge is 0.465 e. The minimum absolute atomic E-state index is 0.252. The third kappa shape index (κ3) is 3.95. The first-order chi connectivity index (χ1) is 12.6. The van der Waals surface area contributed by atoms with E-state index >= 15 is 0 Å². The number of nitrogens with zero attached hydrogens (tertiary/aromatic N) is 1. The van der Waals surface area contributed by atoms with Crippen LogP contribution in [0.15, 0.2) is 60.7 Å². The predicted molar refractivity (Wildman–Crippen MR) is 102 cm³/mol. The summed E-state index contributed by atoms with van der Waals surface area (Å²) in [5, 5.41) is 3.83. The first kappa shape index (κ1) is 17.4. The molecule has 0 fully saturated rings. The number of fused-ring (bicyclic) bond motifs is 1. The molecule has 5 heteroatoms. The van der Waals surface area contributed by atoms with Gasteiger partial charge < -0.3 is 10.1 Å². The number of amides is 1. The molecular weight excluding hydrogens is 328 g/mol. The highest BCUT2D eigenvalue weighted by Crippen LogP contribution is 2.21. The number of pyridine rings is 1. The third-order valence-electron chi connectivity index (χ3n) is 3.88. The summed E-state index contributed by atoms with van der Waals surface area (Å²) in [6.07, 6.45) is 3.13. The number of ether oxygens (including phenoxy) is 1. The molecule has 0 aliphatic carbocycles. The summed E-state index contributed by atoms with van der Waals surface area (Å²) in [5.41, 5.74) is 3.59. The van der Waals surface area contributed by atoms with Crippen LogP contribution in [-0.2, 0) is 9.53 Å². The Bertz CT molecular complexity index is 992. The lowest BCUT2D eigenvalue weighted by Gasteiger charge is -2.07. The van der Waals surface area contributed by atoms with Gasteiger partial charge in [0, 0.05) is 17.2 Å². The van der Waals surface area contributed by atoms with Crippen molar-refractivity contribution >= 4 is 34.5 Å². The quantitative estimate of drug-likeness (QED) is 0.573.